The number of hydrogen-bond acceptors (Lipinski definition) is 3. The second kappa shape index (κ2) is 8.51. The smallest absolute Gasteiger partial charge is 0.187 e. The van der Waals surface area contributed by atoms with Crippen molar-refractivity contribution in [2.75, 3.05) is 5.32 Å². The lowest BCUT2D eigenvalue weighted by atomic mass is 9.90. The Morgan fingerprint density at radius 2 is 1.73 bits per heavy atom. The predicted octanol–water partition coefficient (Wildman–Crippen LogP) is 7.15. The third-order valence-corrected chi connectivity index (χ3v) is 5.02. The van der Waals surface area contributed by atoms with E-state index in [1.54, 1.807) is 29.5 Å². The Morgan fingerprint density at radius 3 is 2.35 bits per heavy atom. The van der Waals surface area contributed by atoms with Crippen LogP contribution in [0.3, 0.4) is 0 Å². The second-order valence-corrected chi connectivity index (χ2v) is 8.47. The summed E-state index contributed by atoms with van der Waals surface area (Å²) < 4.78 is 13.9. The summed E-state index contributed by atoms with van der Waals surface area (Å²) in [6.45, 7) is 6.42. The molecule has 26 heavy (non-hydrogen) atoms. The molecule has 0 bridgehead atoms. The highest BCUT2D eigenvalue weighted by Crippen LogP contribution is 2.35. The van der Waals surface area contributed by atoms with E-state index in [4.69, 9.17) is 16.6 Å². The van der Waals surface area contributed by atoms with Crippen LogP contribution in [-0.4, -0.2) is 4.98 Å². The highest BCUT2D eigenvalue weighted by atomic mass is 79.9. The molecule has 0 saturated carbocycles. The molecule has 0 aliphatic carbocycles. The van der Waals surface area contributed by atoms with E-state index >= 15 is 0 Å². The monoisotopic (exact) mass is 454 g/mol. The van der Waals surface area contributed by atoms with E-state index in [1.807, 2.05) is 24.3 Å². The summed E-state index contributed by atoms with van der Waals surface area (Å²) >= 11 is 7.54. The van der Waals surface area contributed by atoms with Gasteiger partial charge in [0.15, 0.2) is 5.13 Å². The first kappa shape index (κ1) is 20.9. The van der Waals surface area contributed by atoms with E-state index in [2.05, 4.69) is 26.1 Å². The van der Waals surface area contributed by atoms with Crippen LogP contribution in [0, 0.1) is 5.82 Å². The maximum atomic E-state index is 13.9. The van der Waals surface area contributed by atoms with Crippen LogP contribution in [0.25, 0.3) is 0 Å². The van der Waals surface area contributed by atoms with Crippen molar-refractivity contribution in [2.24, 2.45) is 0 Å². The zero-order chi connectivity index (χ0) is 18.0. The molecule has 0 amide bonds. The quantitative estimate of drug-likeness (QED) is 0.452. The van der Waals surface area contributed by atoms with Gasteiger partial charge in [0.25, 0.3) is 0 Å². The standard InChI is InChI=1S/C20H20ClFN2S.BrH/c1-20(2,3)18-17(12-13-8-10-14(21)11-9-13)25-19(24-18)23-16-7-5-4-6-15(16)22;/h4-11H,12H2,1-3H3,(H,23,24);1H. The van der Waals surface area contributed by atoms with Crippen molar-refractivity contribution in [3.63, 3.8) is 0 Å². The molecule has 0 radical (unpaired) electrons. The van der Waals surface area contributed by atoms with E-state index in [0.29, 0.717) is 10.8 Å². The Labute approximate surface area is 173 Å². The van der Waals surface area contributed by atoms with Crippen LogP contribution in [0.4, 0.5) is 15.2 Å². The summed E-state index contributed by atoms with van der Waals surface area (Å²) in [5.74, 6) is -0.283. The number of benzene rings is 2. The fraction of sp³-hybridized carbons (Fsp3) is 0.250. The molecule has 138 valence electrons. The van der Waals surface area contributed by atoms with Gasteiger partial charge in [0, 0.05) is 21.7 Å². The number of halogens is 3. The lowest BCUT2D eigenvalue weighted by Crippen LogP contribution is -2.14. The fourth-order valence-corrected chi connectivity index (χ4v) is 3.92. The Morgan fingerprint density at radius 1 is 1.08 bits per heavy atom. The molecule has 3 rings (SSSR count). The van der Waals surface area contributed by atoms with Gasteiger partial charge in [-0.25, -0.2) is 9.37 Å². The van der Waals surface area contributed by atoms with E-state index in [0.717, 1.165) is 17.1 Å². The molecule has 0 aliphatic heterocycles. The number of nitrogens with one attached hydrogen (secondary N) is 1. The number of thiazole rings is 1. The van der Waals surface area contributed by atoms with Crippen molar-refractivity contribution in [1.29, 1.82) is 0 Å². The van der Waals surface area contributed by atoms with Gasteiger partial charge in [-0.2, -0.15) is 0 Å². The summed E-state index contributed by atoms with van der Waals surface area (Å²) in [6, 6.07) is 14.5. The number of hydrogen-bond donors (Lipinski definition) is 1. The molecule has 1 aromatic heterocycles. The van der Waals surface area contributed by atoms with Crippen LogP contribution in [0.5, 0.6) is 0 Å². The first-order valence-electron chi connectivity index (χ1n) is 8.09. The highest BCUT2D eigenvalue weighted by Gasteiger charge is 2.23. The van der Waals surface area contributed by atoms with Gasteiger partial charge in [0.05, 0.1) is 11.4 Å². The van der Waals surface area contributed by atoms with Gasteiger partial charge >= 0.3 is 0 Å². The second-order valence-electron chi connectivity index (χ2n) is 6.95. The minimum Gasteiger partial charge on any atom is -0.329 e. The summed E-state index contributed by atoms with van der Waals surface area (Å²) in [5.41, 5.74) is 2.56. The van der Waals surface area contributed by atoms with Gasteiger partial charge in [-0.1, -0.05) is 56.6 Å². The number of anilines is 2. The Bertz CT molecular complexity index is 872. The summed E-state index contributed by atoms with van der Waals surface area (Å²) in [6.07, 6.45) is 0.778. The van der Waals surface area contributed by atoms with Crippen molar-refractivity contribution in [3.8, 4) is 0 Å². The van der Waals surface area contributed by atoms with Crippen LogP contribution >= 0.6 is 39.9 Å². The number of rotatable bonds is 4. The highest BCUT2D eigenvalue weighted by molar-refractivity contribution is 8.93. The number of aromatic nitrogens is 1. The minimum absolute atomic E-state index is 0. The zero-order valence-electron chi connectivity index (χ0n) is 14.8. The van der Waals surface area contributed by atoms with Gasteiger partial charge in [0.1, 0.15) is 5.82 Å². The molecule has 0 aliphatic rings. The van der Waals surface area contributed by atoms with Crippen LogP contribution in [-0.2, 0) is 11.8 Å². The van der Waals surface area contributed by atoms with Gasteiger partial charge < -0.3 is 5.32 Å². The van der Waals surface area contributed by atoms with Crippen LogP contribution in [0.15, 0.2) is 48.5 Å². The molecule has 2 aromatic carbocycles. The SMILES string of the molecule is Br.CC(C)(C)c1nc(Nc2ccccc2F)sc1Cc1ccc(Cl)cc1. The van der Waals surface area contributed by atoms with Crippen LogP contribution in [0.1, 0.15) is 36.9 Å². The molecule has 2 nitrogen and oxygen atoms in total. The normalized spacial score (nSPS) is 11.1. The molecule has 1 heterocycles. The number of nitrogens with zero attached hydrogens (tertiary/aromatic N) is 1. The Balaban J connectivity index is 0.00000243. The summed E-state index contributed by atoms with van der Waals surface area (Å²) in [5, 5.41) is 4.55. The molecule has 6 heteroatoms. The topological polar surface area (TPSA) is 24.9 Å². The first-order chi connectivity index (χ1) is 11.8. The molecule has 3 aromatic rings. The summed E-state index contributed by atoms with van der Waals surface area (Å²) in [7, 11) is 0. The molecule has 0 saturated heterocycles. The molecule has 1 N–H and O–H groups in total. The van der Waals surface area contributed by atoms with Crippen LogP contribution in [0.2, 0.25) is 5.02 Å². The van der Waals surface area contributed by atoms with Gasteiger partial charge in [-0.05, 0) is 29.8 Å². The van der Waals surface area contributed by atoms with Gasteiger partial charge in [-0.3, -0.25) is 0 Å². The Kier molecular flexibility index (Phi) is 6.83. The minimum atomic E-state index is -0.283. The number of para-hydroxylation sites is 1. The zero-order valence-corrected chi connectivity index (χ0v) is 18.1. The molecular weight excluding hydrogens is 435 g/mol. The molecule has 0 atom stereocenters. The predicted molar refractivity (Wildman–Crippen MR) is 115 cm³/mol. The largest absolute Gasteiger partial charge is 0.329 e. The van der Waals surface area contributed by atoms with Crippen molar-refractivity contribution in [2.45, 2.75) is 32.6 Å². The first-order valence-corrected chi connectivity index (χ1v) is 9.28. The van der Waals surface area contributed by atoms with Crippen molar-refractivity contribution in [1.82, 2.24) is 4.98 Å². The maximum Gasteiger partial charge on any atom is 0.187 e. The molecule has 0 unspecified atom stereocenters. The van der Waals surface area contributed by atoms with Crippen molar-refractivity contribution >= 4 is 50.7 Å². The average molecular weight is 456 g/mol. The Hall–Kier alpha value is -1.43. The summed E-state index contributed by atoms with van der Waals surface area (Å²) in [4.78, 5) is 5.92. The molecule has 0 spiro atoms. The van der Waals surface area contributed by atoms with Crippen molar-refractivity contribution < 1.29 is 4.39 Å². The maximum absolute atomic E-state index is 13.9. The van der Waals surface area contributed by atoms with Gasteiger partial charge in [-0.15, -0.1) is 28.3 Å². The van der Waals surface area contributed by atoms with E-state index in [-0.39, 0.29) is 28.2 Å². The van der Waals surface area contributed by atoms with E-state index in [1.165, 1.54) is 16.5 Å². The average Bonchev–Trinajstić information content (AvgIpc) is 2.95. The third kappa shape index (κ3) is 5.06. The van der Waals surface area contributed by atoms with Crippen LogP contribution < -0.4 is 5.32 Å². The third-order valence-electron chi connectivity index (χ3n) is 3.80. The lowest BCUT2D eigenvalue weighted by Gasteiger charge is -2.17. The lowest BCUT2D eigenvalue weighted by molar-refractivity contribution is 0.568. The van der Waals surface area contributed by atoms with E-state index in [9.17, 15) is 4.39 Å². The molecular formula is C20H21BrClFN2S. The van der Waals surface area contributed by atoms with Crippen molar-refractivity contribution in [3.05, 3.63) is 75.5 Å². The van der Waals surface area contributed by atoms with Gasteiger partial charge in [0.2, 0.25) is 0 Å². The molecule has 0 fully saturated rings. The van der Waals surface area contributed by atoms with E-state index < -0.39 is 0 Å². The fourth-order valence-electron chi connectivity index (χ4n) is 2.58.